The van der Waals surface area contributed by atoms with Crippen LogP contribution in [-0.4, -0.2) is 21.3 Å². The first-order valence-corrected chi connectivity index (χ1v) is 8.08. The largest absolute Gasteiger partial charge is 0.385 e. The van der Waals surface area contributed by atoms with Crippen LogP contribution in [0.3, 0.4) is 0 Å². The van der Waals surface area contributed by atoms with Crippen molar-refractivity contribution in [2.75, 3.05) is 11.9 Å². The smallest absolute Gasteiger partial charge is 0.199 e. The zero-order chi connectivity index (χ0) is 16.2. The molecule has 0 aliphatic heterocycles. The van der Waals surface area contributed by atoms with E-state index in [1.54, 1.807) is 0 Å². The number of anilines is 1. The van der Waals surface area contributed by atoms with Crippen LogP contribution >= 0.6 is 12.2 Å². The Hall–Kier alpha value is -2.40. The average Bonchev–Trinajstić information content (AvgIpc) is 2.91. The molecule has 118 valence electrons. The maximum atomic E-state index is 5.37. The Labute approximate surface area is 141 Å². The molecule has 1 heterocycles. The third-order valence-corrected chi connectivity index (χ3v) is 4.04. The first-order valence-electron chi connectivity index (χ1n) is 7.67. The fourth-order valence-electron chi connectivity index (χ4n) is 2.45. The molecule has 1 aromatic heterocycles. The first-order chi connectivity index (χ1) is 11.1. The Balaban J connectivity index is 1.72. The molecule has 0 aliphatic carbocycles. The molecule has 0 spiro atoms. The summed E-state index contributed by atoms with van der Waals surface area (Å²) in [5, 5.41) is 10.7. The molecule has 2 aromatic carbocycles. The van der Waals surface area contributed by atoms with Crippen molar-refractivity contribution in [1.29, 1.82) is 0 Å². The van der Waals surface area contributed by atoms with Crippen molar-refractivity contribution >= 4 is 17.9 Å². The highest BCUT2D eigenvalue weighted by Crippen LogP contribution is 2.13. The maximum Gasteiger partial charge on any atom is 0.199 e. The molecule has 0 saturated heterocycles. The Bertz CT molecular complexity index is 829. The number of aromatic nitrogens is 3. The molecule has 23 heavy (non-hydrogen) atoms. The van der Waals surface area contributed by atoms with E-state index in [0.29, 0.717) is 4.77 Å². The minimum atomic E-state index is 0.624. The van der Waals surface area contributed by atoms with Gasteiger partial charge < -0.3 is 5.32 Å². The van der Waals surface area contributed by atoms with Gasteiger partial charge in [-0.15, -0.1) is 0 Å². The number of nitrogens with zero attached hydrogens (tertiary/aromatic N) is 2. The standard InChI is InChI=1S/C18H20N4S/c1-13-3-7-15(8-4-13)19-12-11-17-20-21-18(23)22(17)16-9-5-14(2)6-10-16/h3-10,19H,11-12H2,1-2H3,(H,21,23). The lowest BCUT2D eigenvalue weighted by atomic mass is 10.2. The molecule has 0 aliphatic rings. The van der Waals surface area contributed by atoms with Gasteiger partial charge in [-0.2, -0.15) is 5.10 Å². The van der Waals surface area contributed by atoms with Crippen LogP contribution in [0.5, 0.6) is 0 Å². The van der Waals surface area contributed by atoms with Gasteiger partial charge in [0, 0.05) is 24.3 Å². The van der Waals surface area contributed by atoms with Gasteiger partial charge in [0.05, 0.1) is 0 Å². The van der Waals surface area contributed by atoms with Crippen LogP contribution < -0.4 is 5.32 Å². The Morgan fingerprint density at radius 3 is 2.26 bits per heavy atom. The van der Waals surface area contributed by atoms with Crippen molar-refractivity contribution in [2.45, 2.75) is 20.3 Å². The van der Waals surface area contributed by atoms with Gasteiger partial charge in [-0.3, -0.25) is 9.67 Å². The van der Waals surface area contributed by atoms with Crippen LogP contribution in [0.2, 0.25) is 0 Å². The number of aryl methyl sites for hydroxylation is 2. The van der Waals surface area contributed by atoms with Gasteiger partial charge in [-0.05, 0) is 50.3 Å². The first kappa shape index (κ1) is 15.5. The lowest BCUT2D eigenvalue weighted by Gasteiger charge is -2.09. The van der Waals surface area contributed by atoms with E-state index in [1.165, 1.54) is 11.1 Å². The van der Waals surface area contributed by atoms with E-state index in [-0.39, 0.29) is 0 Å². The molecule has 5 heteroatoms. The number of rotatable bonds is 5. The fraction of sp³-hybridized carbons (Fsp3) is 0.222. The molecule has 0 unspecified atom stereocenters. The highest BCUT2D eigenvalue weighted by molar-refractivity contribution is 7.71. The number of nitrogens with one attached hydrogen (secondary N) is 2. The summed E-state index contributed by atoms with van der Waals surface area (Å²) < 4.78 is 2.62. The van der Waals surface area contributed by atoms with E-state index in [2.05, 4.69) is 77.9 Å². The third-order valence-electron chi connectivity index (χ3n) is 3.76. The van der Waals surface area contributed by atoms with E-state index in [1.807, 2.05) is 4.57 Å². The summed E-state index contributed by atoms with van der Waals surface area (Å²) in [6.45, 7) is 4.96. The number of H-pyrrole nitrogens is 1. The number of hydrogen-bond acceptors (Lipinski definition) is 3. The normalized spacial score (nSPS) is 10.7. The van der Waals surface area contributed by atoms with Gasteiger partial charge in [-0.25, -0.2) is 0 Å². The SMILES string of the molecule is Cc1ccc(NCCc2n[nH]c(=S)n2-c2ccc(C)cc2)cc1. The van der Waals surface area contributed by atoms with Crippen LogP contribution in [0, 0.1) is 18.6 Å². The van der Waals surface area contributed by atoms with E-state index >= 15 is 0 Å². The summed E-state index contributed by atoms with van der Waals surface area (Å²) in [5.74, 6) is 0.929. The second-order valence-corrected chi connectivity index (χ2v) is 6.05. The molecule has 0 radical (unpaired) electrons. The van der Waals surface area contributed by atoms with E-state index < -0.39 is 0 Å². The quantitative estimate of drug-likeness (QED) is 0.691. The lowest BCUT2D eigenvalue weighted by molar-refractivity contribution is 0.848. The van der Waals surface area contributed by atoms with Gasteiger partial charge in [0.1, 0.15) is 5.82 Å². The zero-order valence-corrected chi connectivity index (χ0v) is 14.2. The predicted molar refractivity (Wildman–Crippen MR) is 96.9 cm³/mol. The Morgan fingerprint density at radius 2 is 1.61 bits per heavy atom. The van der Waals surface area contributed by atoms with Crippen LogP contribution in [0.15, 0.2) is 48.5 Å². The Morgan fingerprint density at radius 1 is 1.00 bits per heavy atom. The number of aromatic amines is 1. The van der Waals surface area contributed by atoms with Crippen molar-refractivity contribution in [3.05, 3.63) is 70.3 Å². The summed E-state index contributed by atoms with van der Waals surface area (Å²) in [6, 6.07) is 16.7. The van der Waals surface area contributed by atoms with Crippen molar-refractivity contribution in [3.8, 4) is 5.69 Å². The second kappa shape index (κ2) is 6.79. The summed E-state index contributed by atoms with van der Waals surface area (Å²) in [6.07, 6.45) is 0.787. The van der Waals surface area contributed by atoms with Gasteiger partial charge in [0.2, 0.25) is 0 Å². The van der Waals surface area contributed by atoms with Crippen LogP contribution in [0.25, 0.3) is 5.69 Å². The van der Waals surface area contributed by atoms with Crippen molar-refractivity contribution in [2.24, 2.45) is 0 Å². The fourth-order valence-corrected chi connectivity index (χ4v) is 2.70. The second-order valence-electron chi connectivity index (χ2n) is 5.66. The molecule has 0 bridgehead atoms. The summed E-state index contributed by atoms with van der Waals surface area (Å²) >= 11 is 5.37. The molecule has 4 nitrogen and oxygen atoms in total. The van der Waals surface area contributed by atoms with Gasteiger partial charge >= 0.3 is 0 Å². The highest BCUT2D eigenvalue weighted by atomic mass is 32.1. The maximum absolute atomic E-state index is 5.37. The minimum Gasteiger partial charge on any atom is -0.385 e. The topological polar surface area (TPSA) is 45.6 Å². The highest BCUT2D eigenvalue weighted by Gasteiger charge is 2.08. The average molecular weight is 324 g/mol. The van der Waals surface area contributed by atoms with E-state index in [0.717, 1.165) is 30.2 Å². The van der Waals surface area contributed by atoms with E-state index in [4.69, 9.17) is 12.2 Å². The minimum absolute atomic E-state index is 0.624. The molecular weight excluding hydrogens is 304 g/mol. The zero-order valence-electron chi connectivity index (χ0n) is 13.3. The van der Waals surface area contributed by atoms with Crippen LogP contribution in [0.4, 0.5) is 5.69 Å². The molecule has 3 rings (SSSR count). The molecule has 0 fully saturated rings. The van der Waals surface area contributed by atoms with Gasteiger partial charge in [0.15, 0.2) is 4.77 Å². The monoisotopic (exact) mass is 324 g/mol. The summed E-state index contributed by atoms with van der Waals surface area (Å²) in [7, 11) is 0. The van der Waals surface area contributed by atoms with Crippen molar-refractivity contribution in [3.63, 3.8) is 0 Å². The van der Waals surface area contributed by atoms with Crippen LogP contribution in [0.1, 0.15) is 17.0 Å². The van der Waals surface area contributed by atoms with Crippen molar-refractivity contribution < 1.29 is 0 Å². The molecule has 0 saturated carbocycles. The van der Waals surface area contributed by atoms with Gasteiger partial charge in [-0.1, -0.05) is 35.4 Å². The lowest BCUT2D eigenvalue weighted by Crippen LogP contribution is -2.09. The molecule has 3 aromatic rings. The molecular formula is C18H20N4S. The van der Waals surface area contributed by atoms with Crippen LogP contribution in [-0.2, 0) is 6.42 Å². The van der Waals surface area contributed by atoms with Gasteiger partial charge in [0.25, 0.3) is 0 Å². The molecule has 2 N–H and O–H groups in total. The Kier molecular flexibility index (Phi) is 4.57. The molecule has 0 atom stereocenters. The summed E-state index contributed by atoms with van der Waals surface area (Å²) in [5.41, 5.74) is 4.65. The predicted octanol–water partition coefficient (Wildman–Crippen LogP) is 4.20. The van der Waals surface area contributed by atoms with E-state index in [9.17, 15) is 0 Å². The number of hydrogen-bond donors (Lipinski definition) is 2. The van der Waals surface area contributed by atoms with Crippen molar-refractivity contribution in [1.82, 2.24) is 14.8 Å². The molecule has 0 amide bonds. The number of benzene rings is 2. The summed E-state index contributed by atoms with van der Waals surface area (Å²) in [4.78, 5) is 0. The third kappa shape index (κ3) is 3.68.